The number of carboxylic acid groups (broad SMARTS) is 1. The zero-order valence-corrected chi connectivity index (χ0v) is 21.0. The van der Waals surface area contributed by atoms with Gasteiger partial charge in [0, 0.05) is 17.7 Å². The maximum Gasteiger partial charge on any atom is 0.341 e. The number of carboxylic acids is 1. The molecule has 8 heteroatoms. The predicted octanol–water partition coefficient (Wildman–Crippen LogP) is 5.25. The molecule has 0 bridgehead atoms. The molecule has 37 heavy (non-hydrogen) atoms. The molecular formula is C29H28O8. The van der Waals surface area contributed by atoms with Gasteiger partial charge in [-0.3, -0.25) is 4.79 Å². The molecule has 0 aliphatic rings. The van der Waals surface area contributed by atoms with Crippen LogP contribution in [0.2, 0.25) is 0 Å². The third-order valence-electron chi connectivity index (χ3n) is 5.38. The van der Waals surface area contributed by atoms with E-state index in [-0.39, 0.29) is 17.1 Å². The lowest BCUT2D eigenvalue weighted by molar-refractivity contribution is -0.139. The van der Waals surface area contributed by atoms with E-state index in [1.807, 2.05) is 42.5 Å². The van der Waals surface area contributed by atoms with E-state index in [2.05, 4.69) is 0 Å². The third kappa shape index (κ3) is 7.14. The Morgan fingerprint density at radius 3 is 2.00 bits per heavy atom. The molecule has 0 aliphatic heterocycles. The van der Waals surface area contributed by atoms with Crippen molar-refractivity contribution >= 4 is 30.0 Å². The van der Waals surface area contributed by atoms with E-state index >= 15 is 0 Å². The van der Waals surface area contributed by atoms with Crippen molar-refractivity contribution in [3.05, 3.63) is 82.9 Å². The molecule has 8 nitrogen and oxygen atoms in total. The number of hydrogen-bond donors (Lipinski definition) is 1. The predicted molar refractivity (Wildman–Crippen MR) is 141 cm³/mol. The summed E-state index contributed by atoms with van der Waals surface area (Å²) in [5.41, 5.74) is 2.56. The summed E-state index contributed by atoms with van der Waals surface area (Å²) >= 11 is 0. The molecule has 3 rings (SSSR count). The largest absolute Gasteiger partial charge is 0.497 e. The van der Waals surface area contributed by atoms with Crippen LogP contribution in [0.4, 0.5) is 0 Å². The topological polar surface area (TPSA) is 101 Å². The van der Waals surface area contributed by atoms with Gasteiger partial charge in [0.15, 0.2) is 12.4 Å². The van der Waals surface area contributed by atoms with Crippen LogP contribution < -0.4 is 23.7 Å². The standard InChI is InChI=1S/C29H28O8/c1-33-21-9-6-19(7-10-21)5-8-20-15-23(35-3)17-27(36-4)24(20)13-14-26(30)25-12-11-22(34-2)16-28(25)37-18-29(31)32/h5-17H,18H2,1-4H3,(H,31,32)/b8-5+,14-13+. The SMILES string of the molecule is COc1ccc(/C=C/c2cc(OC)cc(OC)c2/C=C/C(=O)c2ccc(OC)cc2OCC(=O)O)cc1. The molecule has 0 fully saturated rings. The fraction of sp³-hybridized carbons (Fsp3) is 0.172. The molecule has 0 unspecified atom stereocenters. The number of benzene rings is 3. The number of methoxy groups -OCH3 is 4. The monoisotopic (exact) mass is 504 g/mol. The van der Waals surface area contributed by atoms with Crippen molar-refractivity contribution in [1.82, 2.24) is 0 Å². The van der Waals surface area contributed by atoms with Gasteiger partial charge < -0.3 is 28.8 Å². The zero-order valence-electron chi connectivity index (χ0n) is 21.0. The van der Waals surface area contributed by atoms with E-state index < -0.39 is 12.6 Å². The van der Waals surface area contributed by atoms with Crippen LogP contribution in [-0.2, 0) is 4.79 Å². The van der Waals surface area contributed by atoms with Crippen molar-refractivity contribution in [3.63, 3.8) is 0 Å². The van der Waals surface area contributed by atoms with Gasteiger partial charge in [0.25, 0.3) is 0 Å². The number of allylic oxidation sites excluding steroid dienone is 1. The molecule has 0 aliphatic carbocycles. The lowest BCUT2D eigenvalue weighted by Crippen LogP contribution is -2.11. The Morgan fingerprint density at radius 2 is 1.38 bits per heavy atom. The molecule has 0 saturated heterocycles. The van der Waals surface area contributed by atoms with E-state index in [9.17, 15) is 9.59 Å². The van der Waals surface area contributed by atoms with Crippen LogP contribution in [-0.4, -0.2) is 51.9 Å². The van der Waals surface area contributed by atoms with Crippen LogP contribution in [0.25, 0.3) is 18.2 Å². The van der Waals surface area contributed by atoms with Crippen LogP contribution in [0.15, 0.2) is 60.7 Å². The summed E-state index contributed by atoms with van der Waals surface area (Å²) < 4.78 is 26.7. The summed E-state index contributed by atoms with van der Waals surface area (Å²) in [6.45, 7) is -0.593. The highest BCUT2D eigenvalue weighted by molar-refractivity contribution is 6.09. The lowest BCUT2D eigenvalue weighted by atomic mass is 10.0. The summed E-state index contributed by atoms with van der Waals surface area (Å²) in [5, 5.41) is 8.98. The highest BCUT2D eigenvalue weighted by Crippen LogP contribution is 2.32. The second-order valence-corrected chi connectivity index (χ2v) is 7.68. The highest BCUT2D eigenvalue weighted by Gasteiger charge is 2.15. The average Bonchev–Trinajstić information content (AvgIpc) is 2.93. The van der Waals surface area contributed by atoms with Gasteiger partial charge in [-0.05, 0) is 53.6 Å². The first-order chi connectivity index (χ1) is 17.9. The van der Waals surface area contributed by atoms with Gasteiger partial charge in [0.1, 0.15) is 28.7 Å². The Labute approximate surface area is 215 Å². The lowest BCUT2D eigenvalue weighted by Gasteiger charge is -2.12. The van der Waals surface area contributed by atoms with E-state index in [0.29, 0.717) is 22.8 Å². The molecule has 0 saturated carbocycles. The molecular weight excluding hydrogens is 476 g/mol. The molecule has 0 amide bonds. The fourth-order valence-electron chi connectivity index (χ4n) is 3.47. The summed E-state index contributed by atoms with van der Waals surface area (Å²) in [7, 11) is 6.18. The van der Waals surface area contributed by atoms with E-state index in [0.717, 1.165) is 16.9 Å². The number of ether oxygens (including phenoxy) is 5. The molecule has 1 N–H and O–H groups in total. The first-order valence-corrected chi connectivity index (χ1v) is 11.2. The number of carbonyl (C=O) groups excluding carboxylic acids is 1. The van der Waals surface area contributed by atoms with Gasteiger partial charge in [0.05, 0.1) is 34.0 Å². The van der Waals surface area contributed by atoms with Crippen molar-refractivity contribution in [2.24, 2.45) is 0 Å². The Kier molecular flexibility index (Phi) is 9.32. The van der Waals surface area contributed by atoms with Gasteiger partial charge in [-0.15, -0.1) is 0 Å². The zero-order chi connectivity index (χ0) is 26.8. The summed E-state index contributed by atoms with van der Waals surface area (Å²) in [4.78, 5) is 24.1. The Hall–Kier alpha value is -4.72. The van der Waals surface area contributed by atoms with Gasteiger partial charge in [-0.25, -0.2) is 4.79 Å². The number of ketones is 1. The van der Waals surface area contributed by atoms with Crippen LogP contribution >= 0.6 is 0 Å². The molecule has 0 heterocycles. The quantitative estimate of drug-likeness (QED) is 0.203. The maximum atomic E-state index is 13.1. The van der Waals surface area contributed by atoms with Crippen LogP contribution in [0.5, 0.6) is 28.7 Å². The summed E-state index contributed by atoms with van der Waals surface area (Å²) in [6, 6.07) is 15.7. The molecule has 0 spiro atoms. The minimum absolute atomic E-state index is 0.109. The smallest absolute Gasteiger partial charge is 0.341 e. The molecule has 0 atom stereocenters. The molecule has 0 aromatic heterocycles. The second-order valence-electron chi connectivity index (χ2n) is 7.68. The molecule has 192 valence electrons. The summed E-state index contributed by atoms with van der Waals surface area (Å²) in [5.74, 6) is 0.858. The average molecular weight is 505 g/mol. The number of carbonyl (C=O) groups is 2. The van der Waals surface area contributed by atoms with Gasteiger partial charge in [0.2, 0.25) is 0 Å². The molecule has 3 aromatic carbocycles. The Morgan fingerprint density at radius 1 is 0.730 bits per heavy atom. The van der Waals surface area contributed by atoms with E-state index in [4.69, 9.17) is 28.8 Å². The number of hydrogen-bond acceptors (Lipinski definition) is 7. The van der Waals surface area contributed by atoms with E-state index in [1.165, 1.54) is 32.4 Å². The van der Waals surface area contributed by atoms with Crippen molar-refractivity contribution in [2.75, 3.05) is 35.0 Å². The Balaban J connectivity index is 1.98. The van der Waals surface area contributed by atoms with Gasteiger partial charge >= 0.3 is 5.97 Å². The van der Waals surface area contributed by atoms with Crippen molar-refractivity contribution in [1.29, 1.82) is 0 Å². The van der Waals surface area contributed by atoms with Crippen molar-refractivity contribution < 1.29 is 38.4 Å². The van der Waals surface area contributed by atoms with Crippen LogP contribution in [0.3, 0.4) is 0 Å². The maximum absolute atomic E-state index is 13.1. The Bertz CT molecular complexity index is 1310. The van der Waals surface area contributed by atoms with Crippen molar-refractivity contribution in [2.45, 2.75) is 0 Å². The summed E-state index contributed by atoms with van der Waals surface area (Å²) in [6.07, 6.45) is 6.84. The third-order valence-corrected chi connectivity index (χ3v) is 5.38. The molecule has 3 aromatic rings. The van der Waals surface area contributed by atoms with Crippen LogP contribution in [0, 0.1) is 0 Å². The number of rotatable bonds is 12. The first-order valence-electron chi connectivity index (χ1n) is 11.2. The van der Waals surface area contributed by atoms with Gasteiger partial charge in [-0.2, -0.15) is 0 Å². The normalized spacial score (nSPS) is 10.9. The van der Waals surface area contributed by atoms with E-state index in [1.54, 1.807) is 32.4 Å². The highest BCUT2D eigenvalue weighted by atomic mass is 16.5. The minimum Gasteiger partial charge on any atom is -0.497 e. The minimum atomic E-state index is -1.16. The fourth-order valence-corrected chi connectivity index (χ4v) is 3.47. The van der Waals surface area contributed by atoms with Crippen LogP contribution in [0.1, 0.15) is 27.0 Å². The van der Waals surface area contributed by atoms with Crippen molar-refractivity contribution in [3.8, 4) is 28.7 Å². The number of aliphatic carboxylic acids is 1. The molecule has 0 radical (unpaired) electrons. The van der Waals surface area contributed by atoms with Gasteiger partial charge in [-0.1, -0.05) is 24.3 Å². The second kappa shape index (κ2) is 12.8. The first kappa shape index (κ1) is 26.9.